The number of aryl methyl sites for hydroxylation is 3. The molecule has 3 rings (SSSR count). The summed E-state index contributed by atoms with van der Waals surface area (Å²) in [5, 5.41) is 6.01. The van der Waals surface area contributed by atoms with Gasteiger partial charge < -0.3 is 15.4 Å². The maximum Gasteiger partial charge on any atom is 0.246 e. The van der Waals surface area contributed by atoms with Gasteiger partial charge >= 0.3 is 0 Å². The smallest absolute Gasteiger partial charge is 0.246 e. The van der Waals surface area contributed by atoms with Crippen LogP contribution in [0.3, 0.4) is 0 Å². The monoisotopic (exact) mass is 431 g/mol. The Kier molecular flexibility index (Phi) is 6.80. The Morgan fingerprint density at radius 2 is 1.60 bits per heavy atom. The number of nitrogens with one attached hydrogen (secondary N) is 2. The molecule has 1 amide bonds. The number of anilines is 2. The Morgan fingerprint density at radius 3 is 2.27 bits per heavy atom. The first-order chi connectivity index (χ1) is 14.2. The number of ether oxygens (including phenoxy) is 1. The van der Waals surface area contributed by atoms with Crippen LogP contribution in [0.4, 0.5) is 11.4 Å². The molecule has 1 aliphatic heterocycles. The number of carbonyl (C=O) groups excluding carboxylic acids is 1. The van der Waals surface area contributed by atoms with Crippen molar-refractivity contribution >= 4 is 27.3 Å². The second-order valence-electron chi connectivity index (χ2n) is 7.65. The molecule has 0 aromatic heterocycles. The molecule has 8 heteroatoms. The fourth-order valence-electron chi connectivity index (χ4n) is 3.28. The van der Waals surface area contributed by atoms with E-state index < -0.39 is 16.1 Å². The van der Waals surface area contributed by atoms with Crippen LogP contribution in [-0.2, 0) is 19.6 Å². The van der Waals surface area contributed by atoms with E-state index in [4.69, 9.17) is 4.74 Å². The number of morpholine rings is 1. The van der Waals surface area contributed by atoms with Crippen LogP contribution in [0.2, 0.25) is 0 Å². The van der Waals surface area contributed by atoms with Gasteiger partial charge in [0, 0.05) is 24.5 Å². The zero-order chi connectivity index (χ0) is 21.9. The van der Waals surface area contributed by atoms with Crippen LogP contribution in [0.15, 0.2) is 41.3 Å². The SMILES string of the molecule is Cc1ccc(N[C@@H](C)C(=O)Nc2ccc(C)c(S(=O)(=O)N3CCOCC3)c2)cc1C. The van der Waals surface area contributed by atoms with Crippen molar-refractivity contribution in [2.45, 2.75) is 38.6 Å². The lowest BCUT2D eigenvalue weighted by molar-refractivity contribution is -0.116. The van der Waals surface area contributed by atoms with Gasteiger partial charge in [-0.25, -0.2) is 8.42 Å². The zero-order valence-electron chi connectivity index (χ0n) is 17.9. The first-order valence-corrected chi connectivity index (χ1v) is 11.5. The number of rotatable bonds is 6. The van der Waals surface area contributed by atoms with Crippen molar-refractivity contribution in [1.29, 1.82) is 0 Å². The highest BCUT2D eigenvalue weighted by atomic mass is 32.2. The van der Waals surface area contributed by atoms with Crippen molar-refractivity contribution in [1.82, 2.24) is 4.31 Å². The molecular weight excluding hydrogens is 402 g/mol. The number of carbonyl (C=O) groups is 1. The molecule has 30 heavy (non-hydrogen) atoms. The molecule has 1 aliphatic rings. The summed E-state index contributed by atoms with van der Waals surface area (Å²) in [4.78, 5) is 12.9. The summed E-state index contributed by atoms with van der Waals surface area (Å²) < 4.78 is 32.7. The summed E-state index contributed by atoms with van der Waals surface area (Å²) in [6.45, 7) is 9.01. The molecule has 0 aliphatic carbocycles. The van der Waals surface area contributed by atoms with Gasteiger partial charge in [-0.3, -0.25) is 4.79 Å². The maximum absolute atomic E-state index is 13.0. The van der Waals surface area contributed by atoms with Crippen LogP contribution >= 0.6 is 0 Å². The van der Waals surface area contributed by atoms with E-state index in [1.165, 1.54) is 15.9 Å². The molecule has 1 heterocycles. The normalized spacial score (nSPS) is 16.1. The topological polar surface area (TPSA) is 87.7 Å². The minimum absolute atomic E-state index is 0.206. The van der Waals surface area contributed by atoms with Crippen molar-refractivity contribution < 1.29 is 17.9 Å². The number of amides is 1. The van der Waals surface area contributed by atoms with E-state index in [-0.39, 0.29) is 10.8 Å². The molecule has 0 radical (unpaired) electrons. The minimum atomic E-state index is -3.64. The van der Waals surface area contributed by atoms with E-state index in [0.717, 1.165) is 11.3 Å². The lowest BCUT2D eigenvalue weighted by Gasteiger charge is -2.27. The molecule has 2 aromatic carbocycles. The lowest BCUT2D eigenvalue weighted by atomic mass is 10.1. The summed E-state index contributed by atoms with van der Waals surface area (Å²) in [6.07, 6.45) is 0. The summed E-state index contributed by atoms with van der Waals surface area (Å²) in [5.74, 6) is -0.244. The number of hydrogen-bond acceptors (Lipinski definition) is 5. The maximum atomic E-state index is 13.0. The fourth-order valence-corrected chi connectivity index (χ4v) is 4.94. The largest absolute Gasteiger partial charge is 0.379 e. The quantitative estimate of drug-likeness (QED) is 0.734. The van der Waals surface area contributed by atoms with E-state index in [0.29, 0.717) is 37.6 Å². The van der Waals surface area contributed by atoms with E-state index >= 15 is 0 Å². The third-order valence-electron chi connectivity index (χ3n) is 5.33. The molecular formula is C22H29N3O4S. The van der Waals surface area contributed by atoms with Crippen LogP contribution in [0.1, 0.15) is 23.6 Å². The van der Waals surface area contributed by atoms with Gasteiger partial charge in [-0.05, 0) is 68.7 Å². The Hall–Kier alpha value is -2.42. The second kappa shape index (κ2) is 9.16. The van der Waals surface area contributed by atoms with Crippen molar-refractivity contribution in [3.05, 3.63) is 53.1 Å². The molecule has 0 unspecified atom stereocenters. The number of sulfonamides is 1. The highest BCUT2D eigenvalue weighted by Crippen LogP contribution is 2.24. The number of nitrogens with zero attached hydrogens (tertiary/aromatic N) is 1. The molecule has 7 nitrogen and oxygen atoms in total. The van der Waals surface area contributed by atoms with E-state index in [1.807, 2.05) is 32.0 Å². The van der Waals surface area contributed by atoms with Gasteiger partial charge in [0.15, 0.2) is 0 Å². The summed E-state index contributed by atoms with van der Waals surface area (Å²) in [7, 11) is -3.64. The van der Waals surface area contributed by atoms with Crippen LogP contribution in [0, 0.1) is 20.8 Å². The van der Waals surface area contributed by atoms with Crippen molar-refractivity contribution in [3.8, 4) is 0 Å². The Morgan fingerprint density at radius 1 is 0.967 bits per heavy atom. The Bertz CT molecular complexity index is 1030. The molecule has 2 N–H and O–H groups in total. The van der Waals surface area contributed by atoms with Crippen LogP contribution < -0.4 is 10.6 Å². The standard InChI is InChI=1S/C22H29N3O4S/c1-15-5-7-19(13-17(15)3)23-18(4)22(26)24-20-8-6-16(2)21(14-20)30(27,28)25-9-11-29-12-10-25/h5-8,13-14,18,23H,9-12H2,1-4H3,(H,24,26)/t18-/m0/s1. The molecule has 162 valence electrons. The van der Waals surface area contributed by atoms with Crippen molar-refractivity contribution in [2.75, 3.05) is 36.9 Å². The Labute approximate surface area is 178 Å². The van der Waals surface area contributed by atoms with Gasteiger partial charge in [0.25, 0.3) is 0 Å². The average Bonchev–Trinajstić information content (AvgIpc) is 2.72. The third kappa shape index (κ3) is 5.00. The average molecular weight is 432 g/mol. The first-order valence-electron chi connectivity index (χ1n) is 10.0. The second-order valence-corrected chi connectivity index (χ2v) is 9.56. The molecule has 2 aromatic rings. The molecule has 1 atom stereocenters. The highest BCUT2D eigenvalue weighted by Gasteiger charge is 2.28. The minimum Gasteiger partial charge on any atom is -0.379 e. The lowest BCUT2D eigenvalue weighted by Crippen LogP contribution is -2.40. The van der Waals surface area contributed by atoms with Gasteiger partial charge in [0.2, 0.25) is 15.9 Å². The van der Waals surface area contributed by atoms with Gasteiger partial charge in [-0.2, -0.15) is 4.31 Å². The predicted molar refractivity (Wildman–Crippen MR) is 118 cm³/mol. The summed E-state index contributed by atoms with van der Waals surface area (Å²) in [6, 6.07) is 10.4. The number of benzene rings is 2. The molecule has 0 saturated carbocycles. The molecule has 0 spiro atoms. The van der Waals surface area contributed by atoms with E-state index in [2.05, 4.69) is 10.6 Å². The first kappa shape index (κ1) is 22.3. The molecule has 1 saturated heterocycles. The number of hydrogen-bond donors (Lipinski definition) is 2. The summed E-state index contributed by atoms with van der Waals surface area (Å²) in [5.41, 5.74) is 4.28. The summed E-state index contributed by atoms with van der Waals surface area (Å²) >= 11 is 0. The molecule has 1 fully saturated rings. The van der Waals surface area contributed by atoms with Gasteiger partial charge in [0.05, 0.1) is 18.1 Å². The fraction of sp³-hybridized carbons (Fsp3) is 0.409. The molecule has 0 bridgehead atoms. The van der Waals surface area contributed by atoms with Crippen LogP contribution in [0.25, 0.3) is 0 Å². The predicted octanol–water partition coefficient (Wildman–Crippen LogP) is 3.07. The van der Waals surface area contributed by atoms with Gasteiger partial charge in [-0.15, -0.1) is 0 Å². The van der Waals surface area contributed by atoms with Crippen LogP contribution in [-0.4, -0.2) is 51.0 Å². The third-order valence-corrected chi connectivity index (χ3v) is 7.37. The van der Waals surface area contributed by atoms with Gasteiger partial charge in [-0.1, -0.05) is 12.1 Å². The van der Waals surface area contributed by atoms with Crippen LogP contribution in [0.5, 0.6) is 0 Å². The Balaban J connectivity index is 1.74. The zero-order valence-corrected chi connectivity index (χ0v) is 18.7. The van der Waals surface area contributed by atoms with Gasteiger partial charge in [0.1, 0.15) is 6.04 Å². The van der Waals surface area contributed by atoms with Crippen molar-refractivity contribution in [3.63, 3.8) is 0 Å². The van der Waals surface area contributed by atoms with E-state index in [1.54, 1.807) is 26.0 Å². The van der Waals surface area contributed by atoms with Crippen molar-refractivity contribution in [2.24, 2.45) is 0 Å². The van der Waals surface area contributed by atoms with E-state index in [9.17, 15) is 13.2 Å². The highest BCUT2D eigenvalue weighted by molar-refractivity contribution is 7.89.